The zero-order chi connectivity index (χ0) is 44.6. The highest BCUT2D eigenvalue weighted by Crippen LogP contribution is 2.38. The Labute approximate surface area is 379 Å². The Morgan fingerprint density at radius 2 is 1.68 bits per heavy atom. The van der Waals surface area contributed by atoms with Crippen LogP contribution in [-0.2, 0) is 38.7 Å². The molecular weight excluding hydrogens is 850 g/mol. The first-order chi connectivity index (χ1) is 31.6. The summed E-state index contributed by atoms with van der Waals surface area (Å²) >= 11 is 1.28. The number of hydrogen-bond donors (Lipinski definition) is 3. The predicted molar refractivity (Wildman–Crippen MR) is 241 cm³/mol. The van der Waals surface area contributed by atoms with E-state index in [-0.39, 0.29) is 41.5 Å². The molecule has 5 aliphatic rings. The van der Waals surface area contributed by atoms with Crippen molar-refractivity contribution in [3.8, 4) is 16.9 Å². The summed E-state index contributed by atoms with van der Waals surface area (Å²) in [5.41, 5.74) is 5.24. The standard InChI is InChI=1S/C48H50FN9O6S/c49-38-25-32(24-36-37(38)26-58(47(36)63)44(46(62)54-48-50-17-23-65-48)43-40-2-1-18-57(40)28-51-43)30-5-9-34(10-6-30)64-35-15-21-56(22-16-35)42(60)27-55-19-13-31(14-20-55)29-3-7-33(8-4-29)52-39-11-12-41(59)53-45(39)61/h3-10,17,23-25,28,31,35,39,44,52H,1-2,11-16,18-22,26-27H2,(H,50,54,62)(H,53,59,61). The van der Waals surface area contributed by atoms with Crippen molar-refractivity contribution in [2.45, 2.75) is 88.6 Å². The summed E-state index contributed by atoms with van der Waals surface area (Å²) in [7, 11) is 0. The molecule has 2 unspecified atom stereocenters. The zero-order valence-corrected chi connectivity index (χ0v) is 36.7. The summed E-state index contributed by atoms with van der Waals surface area (Å²) in [6.45, 7) is 4.05. The van der Waals surface area contributed by atoms with Crippen LogP contribution >= 0.6 is 11.3 Å². The molecule has 17 heteroatoms. The fourth-order valence-corrected chi connectivity index (χ4v) is 10.4. The van der Waals surface area contributed by atoms with Crippen molar-refractivity contribution in [2.24, 2.45) is 0 Å². The smallest absolute Gasteiger partial charge is 0.255 e. The number of ether oxygens (including phenoxy) is 1. The number of benzene rings is 3. The van der Waals surface area contributed by atoms with Crippen molar-refractivity contribution < 1.29 is 33.1 Å². The van der Waals surface area contributed by atoms with E-state index in [2.05, 4.69) is 43.0 Å². The number of nitrogens with zero attached hydrogens (tertiary/aromatic N) is 6. The van der Waals surface area contributed by atoms with Gasteiger partial charge >= 0.3 is 0 Å². The van der Waals surface area contributed by atoms with E-state index in [0.717, 1.165) is 62.3 Å². The molecule has 15 nitrogen and oxygen atoms in total. The Bertz CT molecular complexity index is 2600. The van der Waals surface area contributed by atoms with Gasteiger partial charge in [-0.25, -0.2) is 14.4 Å². The van der Waals surface area contributed by atoms with Gasteiger partial charge in [0, 0.05) is 73.0 Å². The first-order valence-corrected chi connectivity index (χ1v) is 23.4. The number of rotatable bonds is 12. The van der Waals surface area contributed by atoms with Crippen molar-refractivity contribution in [3.05, 3.63) is 112 Å². The molecule has 3 aromatic carbocycles. The van der Waals surface area contributed by atoms with Gasteiger partial charge in [0.15, 0.2) is 11.2 Å². The van der Waals surface area contributed by atoms with Crippen LogP contribution in [0.15, 0.2) is 78.6 Å². The van der Waals surface area contributed by atoms with E-state index < -0.39 is 29.7 Å². The van der Waals surface area contributed by atoms with Crippen molar-refractivity contribution in [2.75, 3.05) is 43.4 Å². The Kier molecular flexibility index (Phi) is 11.9. The maximum Gasteiger partial charge on any atom is 0.255 e. The molecule has 2 atom stereocenters. The van der Waals surface area contributed by atoms with Crippen molar-refractivity contribution in [1.29, 1.82) is 0 Å². The quantitative estimate of drug-likeness (QED) is 0.128. The van der Waals surface area contributed by atoms with Gasteiger partial charge in [-0.2, -0.15) is 0 Å². The molecule has 10 rings (SSSR count). The number of hydrogen-bond acceptors (Lipinski definition) is 11. The molecule has 336 valence electrons. The molecule has 0 aliphatic carbocycles. The number of likely N-dealkylation sites (tertiary alicyclic amines) is 2. The van der Waals surface area contributed by atoms with E-state index in [1.807, 2.05) is 45.9 Å². The van der Waals surface area contributed by atoms with Crippen LogP contribution in [0.3, 0.4) is 0 Å². The minimum absolute atomic E-state index is 0.0513. The molecule has 5 aliphatic heterocycles. The second-order valence-electron chi connectivity index (χ2n) is 17.6. The number of anilines is 2. The van der Waals surface area contributed by atoms with Gasteiger partial charge in [-0.1, -0.05) is 24.3 Å². The molecule has 5 amide bonds. The van der Waals surface area contributed by atoms with Crippen molar-refractivity contribution in [1.82, 2.24) is 34.6 Å². The van der Waals surface area contributed by atoms with Crippen LogP contribution in [0.5, 0.6) is 5.75 Å². The number of halogens is 1. The van der Waals surface area contributed by atoms with Crippen LogP contribution in [0.2, 0.25) is 0 Å². The summed E-state index contributed by atoms with van der Waals surface area (Å²) in [6.07, 6.45) is 9.06. The predicted octanol–water partition coefficient (Wildman–Crippen LogP) is 5.89. The third-order valence-electron chi connectivity index (χ3n) is 13.5. The number of carbonyl (C=O) groups is 5. The maximum absolute atomic E-state index is 15.9. The van der Waals surface area contributed by atoms with Gasteiger partial charge in [-0.05, 0) is 104 Å². The number of nitrogens with one attached hydrogen (secondary N) is 3. The SMILES string of the molecule is O=C1CCC(Nc2ccc(C3CCN(CC(=O)N4CCC(Oc5ccc(-c6cc(F)c7c(c6)C(=O)N(C(C(=O)Nc6nccs6)c6ncn8c6CCC8)C7)cc5)CC4)CC3)cc2)C(=O)N1. The first-order valence-electron chi connectivity index (χ1n) is 22.5. The minimum Gasteiger partial charge on any atom is -0.490 e. The largest absolute Gasteiger partial charge is 0.490 e. The van der Waals surface area contributed by atoms with E-state index in [0.29, 0.717) is 73.4 Å². The highest BCUT2D eigenvalue weighted by Gasteiger charge is 2.42. The monoisotopic (exact) mass is 899 g/mol. The Hall–Kier alpha value is -6.46. The Morgan fingerprint density at radius 1 is 0.892 bits per heavy atom. The summed E-state index contributed by atoms with van der Waals surface area (Å²) in [6, 6.07) is 17.3. The summed E-state index contributed by atoms with van der Waals surface area (Å²) in [4.78, 5) is 79.3. The topological polar surface area (TPSA) is 171 Å². The fraction of sp³-hybridized carbons (Fsp3) is 0.396. The molecule has 5 aromatic rings. The van der Waals surface area contributed by atoms with E-state index >= 15 is 4.39 Å². The van der Waals surface area contributed by atoms with Crippen LogP contribution in [0, 0.1) is 5.82 Å². The zero-order valence-electron chi connectivity index (χ0n) is 35.8. The van der Waals surface area contributed by atoms with E-state index in [1.165, 1.54) is 27.9 Å². The molecule has 3 saturated heterocycles. The van der Waals surface area contributed by atoms with Crippen LogP contribution in [0.25, 0.3) is 11.1 Å². The number of amides is 5. The summed E-state index contributed by atoms with van der Waals surface area (Å²) in [5.74, 6) is -0.692. The van der Waals surface area contributed by atoms with Gasteiger partial charge in [-0.15, -0.1) is 11.3 Å². The second-order valence-corrected chi connectivity index (χ2v) is 18.5. The lowest BCUT2D eigenvalue weighted by Crippen LogP contribution is -2.47. The second kappa shape index (κ2) is 18.2. The molecule has 0 saturated carbocycles. The maximum atomic E-state index is 15.9. The number of fused-ring (bicyclic) bond motifs is 2. The van der Waals surface area contributed by atoms with Gasteiger partial charge < -0.3 is 24.4 Å². The van der Waals surface area contributed by atoms with Gasteiger partial charge in [0.1, 0.15) is 23.7 Å². The molecule has 2 aromatic heterocycles. The lowest BCUT2D eigenvalue weighted by molar-refractivity contribution is -0.135. The summed E-state index contributed by atoms with van der Waals surface area (Å²) in [5, 5.41) is 10.6. The number of aryl methyl sites for hydroxylation is 1. The summed E-state index contributed by atoms with van der Waals surface area (Å²) < 4.78 is 24.3. The Balaban J connectivity index is 0.702. The molecular formula is C48H50FN9O6S. The van der Waals surface area contributed by atoms with Crippen LogP contribution in [0.1, 0.15) is 89.8 Å². The highest BCUT2D eigenvalue weighted by molar-refractivity contribution is 7.13. The van der Waals surface area contributed by atoms with Gasteiger partial charge in [0.05, 0.1) is 25.1 Å². The van der Waals surface area contributed by atoms with Crippen molar-refractivity contribution in [3.63, 3.8) is 0 Å². The molecule has 65 heavy (non-hydrogen) atoms. The minimum atomic E-state index is -1.06. The molecule has 0 bridgehead atoms. The van der Waals surface area contributed by atoms with E-state index in [4.69, 9.17) is 4.74 Å². The molecule has 3 fully saturated rings. The third-order valence-corrected chi connectivity index (χ3v) is 14.2. The van der Waals surface area contributed by atoms with Crippen LogP contribution in [0.4, 0.5) is 15.2 Å². The van der Waals surface area contributed by atoms with E-state index in [9.17, 15) is 24.0 Å². The van der Waals surface area contributed by atoms with Crippen LogP contribution < -0.4 is 20.7 Å². The van der Waals surface area contributed by atoms with Gasteiger partial charge in [0.2, 0.25) is 17.7 Å². The van der Waals surface area contributed by atoms with Gasteiger partial charge in [-0.3, -0.25) is 39.5 Å². The Morgan fingerprint density at radius 3 is 2.42 bits per heavy atom. The lowest BCUT2D eigenvalue weighted by atomic mass is 9.89. The molecule has 3 N–H and O–H groups in total. The molecule has 0 spiro atoms. The lowest BCUT2D eigenvalue weighted by Gasteiger charge is -2.36. The average Bonchev–Trinajstić information content (AvgIpc) is 4.14. The fourth-order valence-electron chi connectivity index (χ4n) is 9.91. The number of thiazole rings is 1. The van der Waals surface area contributed by atoms with Crippen molar-refractivity contribution >= 4 is 51.7 Å². The molecule has 7 heterocycles. The number of piperidine rings is 3. The number of imidazole rings is 1. The van der Waals surface area contributed by atoms with Crippen LogP contribution in [-0.4, -0.2) is 104 Å². The van der Waals surface area contributed by atoms with E-state index in [1.54, 1.807) is 24.0 Å². The highest BCUT2D eigenvalue weighted by atomic mass is 32.1. The third kappa shape index (κ3) is 8.99. The van der Waals surface area contributed by atoms with Gasteiger partial charge in [0.25, 0.3) is 11.8 Å². The first kappa shape index (κ1) is 42.5. The number of imide groups is 1. The number of aromatic nitrogens is 3. The normalized spacial score (nSPS) is 19.8. The average molecular weight is 900 g/mol. The molecule has 0 radical (unpaired) electrons. The number of carbonyl (C=O) groups excluding carboxylic acids is 5.